The first-order chi connectivity index (χ1) is 8.99. The fraction of sp³-hybridized carbons (Fsp3) is 0.273. The molecule has 6 nitrogen and oxygen atoms in total. The first kappa shape index (κ1) is 17.1. The lowest BCUT2D eigenvalue weighted by molar-refractivity contribution is 0.0946. The summed E-state index contributed by atoms with van der Waals surface area (Å²) in [5, 5.41) is 2.84. The minimum atomic E-state index is -0.127. The summed E-state index contributed by atoms with van der Waals surface area (Å²) in [6, 6.07) is 1.77. The lowest BCUT2D eigenvalue weighted by atomic mass is 10.3. The van der Waals surface area contributed by atoms with Gasteiger partial charge in [-0.2, -0.15) is 0 Å². The van der Waals surface area contributed by atoms with Gasteiger partial charge in [-0.05, 0) is 37.9 Å². The summed E-state index contributed by atoms with van der Waals surface area (Å²) in [6.07, 6.45) is 2.36. The van der Waals surface area contributed by atoms with E-state index in [1.807, 2.05) is 7.05 Å². The predicted molar refractivity (Wildman–Crippen MR) is 87.1 cm³/mol. The molecule has 0 saturated heterocycles. The van der Waals surface area contributed by atoms with Crippen LogP contribution in [0.4, 0.5) is 5.95 Å². The number of amides is 1. The van der Waals surface area contributed by atoms with E-state index < -0.39 is 0 Å². The highest BCUT2D eigenvalue weighted by Crippen LogP contribution is 2.26. The van der Waals surface area contributed by atoms with E-state index in [1.165, 1.54) is 0 Å². The summed E-state index contributed by atoms with van der Waals surface area (Å²) in [6.45, 7) is 0.504. The van der Waals surface area contributed by atoms with E-state index in [-0.39, 0.29) is 18.3 Å². The Morgan fingerprint density at radius 1 is 1.55 bits per heavy atom. The summed E-state index contributed by atoms with van der Waals surface area (Å²) in [5.74, 6) is 0.258. The maximum atomic E-state index is 12.0. The van der Waals surface area contributed by atoms with Crippen molar-refractivity contribution in [2.75, 3.05) is 12.3 Å². The number of carbonyl (C=O) groups is 1. The number of hydrogen-bond acceptors (Lipinski definition) is 3. The van der Waals surface area contributed by atoms with Crippen LogP contribution in [0, 0.1) is 0 Å². The second-order valence-electron chi connectivity index (χ2n) is 4.01. The molecule has 0 aromatic carbocycles. The number of H-pyrrole nitrogens is 1. The van der Waals surface area contributed by atoms with Crippen molar-refractivity contribution in [2.24, 2.45) is 7.05 Å². The summed E-state index contributed by atoms with van der Waals surface area (Å²) in [5.41, 5.74) is 6.88. The molecule has 0 radical (unpaired) electrons. The van der Waals surface area contributed by atoms with E-state index in [1.54, 1.807) is 16.8 Å². The molecule has 2 aromatic rings. The second kappa shape index (κ2) is 7.14. The molecule has 0 aliphatic heterocycles. The molecule has 0 atom stereocenters. The number of aromatic nitrogens is 3. The molecule has 4 N–H and O–H groups in total. The third-order valence-electron chi connectivity index (χ3n) is 2.67. The maximum absolute atomic E-state index is 12.0. The van der Waals surface area contributed by atoms with Gasteiger partial charge in [0.2, 0.25) is 0 Å². The molecule has 9 heteroatoms. The van der Waals surface area contributed by atoms with E-state index in [4.69, 9.17) is 5.73 Å². The van der Waals surface area contributed by atoms with Crippen LogP contribution in [0.25, 0.3) is 0 Å². The molecule has 0 aliphatic carbocycles. The fourth-order valence-electron chi connectivity index (χ4n) is 1.66. The number of anilines is 1. The largest absolute Gasteiger partial charge is 0.369 e. The molecule has 1 amide bonds. The number of nitrogens with two attached hydrogens (primary N) is 1. The van der Waals surface area contributed by atoms with E-state index in [0.29, 0.717) is 24.6 Å². The van der Waals surface area contributed by atoms with E-state index in [2.05, 4.69) is 47.1 Å². The average molecular weight is 428 g/mol. The fourth-order valence-corrected chi connectivity index (χ4v) is 2.45. The van der Waals surface area contributed by atoms with Crippen molar-refractivity contribution in [3.8, 4) is 0 Å². The van der Waals surface area contributed by atoms with Crippen molar-refractivity contribution in [3.05, 3.63) is 32.7 Å². The van der Waals surface area contributed by atoms with Crippen molar-refractivity contribution < 1.29 is 4.79 Å². The number of aromatic amines is 1. The van der Waals surface area contributed by atoms with Crippen molar-refractivity contribution in [1.82, 2.24) is 19.9 Å². The van der Waals surface area contributed by atoms with Crippen LogP contribution in [-0.4, -0.2) is 27.0 Å². The molecular weight excluding hydrogens is 413 g/mol. The van der Waals surface area contributed by atoms with E-state index >= 15 is 0 Å². The predicted octanol–water partition coefficient (Wildman–Crippen LogP) is 2.25. The Morgan fingerprint density at radius 2 is 2.25 bits per heavy atom. The Labute approximate surface area is 139 Å². The van der Waals surface area contributed by atoms with E-state index in [0.717, 1.165) is 14.8 Å². The minimum Gasteiger partial charge on any atom is -0.369 e. The van der Waals surface area contributed by atoms with Gasteiger partial charge in [-0.25, -0.2) is 4.98 Å². The van der Waals surface area contributed by atoms with Gasteiger partial charge in [0.25, 0.3) is 5.91 Å². The number of imidazole rings is 1. The summed E-state index contributed by atoms with van der Waals surface area (Å²) in [7, 11) is 1.82. The number of nitrogen functional groups attached to an aromatic ring is 1. The molecule has 20 heavy (non-hydrogen) atoms. The number of rotatable bonds is 4. The van der Waals surface area contributed by atoms with Crippen LogP contribution < -0.4 is 11.1 Å². The molecule has 2 rings (SSSR count). The van der Waals surface area contributed by atoms with Crippen LogP contribution in [0.5, 0.6) is 0 Å². The van der Waals surface area contributed by atoms with Crippen LogP contribution in [0.15, 0.2) is 21.3 Å². The van der Waals surface area contributed by atoms with Crippen LogP contribution >= 0.6 is 44.3 Å². The third-order valence-corrected chi connectivity index (χ3v) is 4.76. The molecule has 0 unspecified atom stereocenters. The smallest absolute Gasteiger partial charge is 0.267 e. The topological polar surface area (TPSA) is 88.7 Å². The zero-order chi connectivity index (χ0) is 14.0. The van der Waals surface area contributed by atoms with Crippen molar-refractivity contribution in [2.45, 2.75) is 6.42 Å². The molecule has 0 fully saturated rings. The van der Waals surface area contributed by atoms with Gasteiger partial charge in [-0.15, -0.1) is 12.4 Å². The maximum Gasteiger partial charge on any atom is 0.267 e. The van der Waals surface area contributed by atoms with Gasteiger partial charge >= 0.3 is 0 Å². The van der Waals surface area contributed by atoms with Crippen molar-refractivity contribution >= 4 is 56.1 Å². The summed E-state index contributed by atoms with van der Waals surface area (Å²) in [4.78, 5) is 18.9. The number of nitrogens with zero attached hydrogens (tertiary/aromatic N) is 2. The number of nitrogens with one attached hydrogen (secondary N) is 2. The Morgan fingerprint density at radius 3 is 2.75 bits per heavy atom. The van der Waals surface area contributed by atoms with Gasteiger partial charge in [-0.3, -0.25) is 4.79 Å². The zero-order valence-electron chi connectivity index (χ0n) is 10.6. The quantitative estimate of drug-likeness (QED) is 0.699. The van der Waals surface area contributed by atoms with Gasteiger partial charge in [0, 0.05) is 26.2 Å². The number of hydrogen-bond donors (Lipinski definition) is 3. The molecule has 0 spiro atoms. The third kappa shape index (κ3) is 3.77. The summed E-state index contributed by atoms with van der Waals surface area (Å²) >= 11 is 6.75. The van der Waals surface area contributed by atoms with Crippen LogP contribution in [-0.2, 0) is 13.5 Å². The molecule has 2 aromatic heterocycles. The molecule has 2 heterocycles. The highest BCUT2D eigenvalue weighted by molar-refractivity contribution is 9.13. The normalized spacial score (nSPS) is 10.2. The minimum absolute atomic E-state index is 0. The van der Waals surface area contributed by atoms with Crippen LogP contribution in [0.2, 0.25) is 0 Å². The van der Waals surface area contributed by atoms with Crippen molar-refractivity contribution in [3.63, 3.8) is 0 Å². The van der Waals surface area contributed by atoms with Crippen LogP contribution in [0.1, 0.15) is 16.2 Å². The molecule has 0 bridgehead atoms. The second-order valence-corrected chi connectivity index (χ2v) is 5.62. The molecule has 0 aliphatic rings. The van der Waals surface area contributed by atoms with Crippen molar-refractivity contribution in [1.29, 1.82) is 0 Å². The standard InChI is InChI=1S/C11H13Br2N5O.ClH/c1-18-8(4-7(12)9(18)13)10(19)15-3-2-6-5-16-11(14)17-6;/h4-5H,2-3H2,1H3,(H,15,19)(H3,14,16,17);1H. The van der Waals surface area contributed by atoms with Crippen LogP contribution in [0.3, 0.4) is 0 Å². The number of carbonyl (C=O) groups excluding carboxylic acids is 1. The first-order valence-electron chi connectivity index (χ1n) is 5.57. The highest BCUT2D eigenvalue weighted by atomic mass is 79.9. The van der Waals surface area contributed by atoms with Gasteiger partial charge in [0.1, 0.15) is 5.69 Å². The van der Waals surface area contributed by atoms with E-state index in [9.17, 15) is 4.79 Å². The summed E-state index contributed by atoms with van der Waals surface area (Å²) < 4.78 is 3.45. The molecule has 110 valence electrons. The zero-order valence-corrected chi connectivity index (χ0v) is 14.6. The lowest BCUT2D eigenvalue weighted by Crippen LogP contribution is -2.27. The van der Waals surface area contributed by atoms with Gasteiger partial charge in [-0.1, -0.05) is 0 Å². The number of halogens is 3. The molecular formula is C11H14Br2ClN5O. The lowest BCUT2D eigenvalue weighted by Gasteiger charge is -2.05. The van der Waals surface area contributed by atoms with Gasteiger partial charge in [0.05, 0.1) is 14.8 Å². The Kier molecular flexibility index (Phi) is 6.09. The SMILES string of the molecule is Cl.Cn1c(C(=O)NCCc2c[nH]c(N)n2)cc(Br)c1Br. The van der Waals surface area contributed by atoms with Gasteiger partial charge < -0.3 is 20.6 Å². The van der Waals surface area contributed by atoms with Gasteiger partial charge in [0.15, 0.2) is 5.95 Å². The Balaban J connectivity index is 0.00000200. The Hall–Kier alpha value is -0.990. The Bertz CT molecular complexity index is 610. The monoisotopic (exact) mass is 425 g/mol. The first-order valence-corrected chi connectivity index (χ1v) is 7.16. The average Bonchev–Trinajstić information content (AvgIpc) is 2.89. The highest BCUT2D eigenvalue weighted by Gasteiger charge is 2.14. The molecule has 0 saturated carbocycles.